The van der Waals surface area contributed by atoms with Gasteiger partial charge in [-0.05, 0) is 41.5 Å². The van der Waals surface area contributed by atoms with Gasteiger partial charge in [-0.1, -0.05) is 62.4 Å². The van der Waals surface area contributed by atoms with Crippen LogP contribution in [0.4, 0.5) is 4.39 Å². The Morgan fingerprint density at radius 3 is 2.40 bits per heavy atom. The van der Waals surface area contributed by atoms with E-state index in [9.17, 15) is 9.18 Å². The molecule has 152 valence electrons. The first-order valence-electron chi connectivity index (χ1n) is 10.1. The molecular formula is C26H25FN2O. The summed E-state index contributed by atoms with van der Waals surface area (Å²) in [5, 5.41) is 0. The van der Waals surface area contributed by atoms with E-state index in [0.717, 1.165) is 22.4 Å². The molecule has 1 saturated heterocycles. The van der Waals surface area contributed by atoms with Gasteiger partial charge in [-0.3, -0.25) is 14.7 Å². The van der Waals surface area contributed by atoms with Crippen molar-refractivity contribution in [1.82, 2.24) is 9.88 Å². The lowest BCUT2D eigenvalue weighted by molar-refractivity contribution is -0.128. The Morgan fingerprint density at radius 1 is 1.03 bits per heavy atom. The maximum absolute atomic E-state index is 13.5. The third kappa shape index (κ3) is 4.24. The van der Waals surface area contributed by atoms with Crippen LogP contribution in [0.3, 0.4) is 0 Å². The molecule has 3 aromatic rings. The molecule has 0 bridgehead atoms. The third-order valence-corrected chi connectivity index (χ3v) is 5.54. The molecule has 0 spiro atoms. The van der Waals surface area contributed by atoms with E-state index in [1.54, 1.807) is 6.20 Å². The van der Waals surface area contributed by atoms with Crippen LogP contribution in [0.1, 0.15) is 36.7 Å². The predicted octanol–water partition coefficient (Wildman–Crippen LogP) is 5.46. The fourth-order valence-electron chi connectivity index (χ4n) is 4.14. The summed E-state index contributed by atoms with van der Waals surface area (Å²) in [4.78, 5) is 20.2. The summed E-state index contributed by atoms with van der Waals surface area (Å²) in [5.74, 6) is -0.111. The predicted molar refractivity (Wildman–Crippen MR) is 117 cm³/mol. The highest BCUT2D eigenvalue weighted by Gasteiger charge is 2.43. The highest BCUT2D eigenvalue weighted by Crippen LogP contribution is 2.42. The molecule has 4 heteroatoms. The van der Waals surface area contributed by atoms with Gasteiger partial charge in [-0.15, -0.1) is 0 Å². The Bertz CT molecular complexity index is 1040. The lowest BCUT2D eigenvalue weighted by Gasteiger charge is -2.44. The number of halogens is 1. The second-order valence-electron chi connectivity index (χ2n) is 8.41. The monoisotopic (exact) mass is 400 g/mol. The normalized spacial score (nSPS) is 20.4. The van der Waals surface area contributed by atoms with E-state index >= 15 is 0 Å². The molecule has 1 unspecified atom stereocenters. The average molecular weight is 400 g/mol. The van der Waals surface area contributed by atoms with Crippen LogP contribution in [0.2, 0.25) is 0 Å². The molecule has 4 rings (SSSR count). The number of carbonyl (C=O) groups is 1. The van der Waals surface area contributed by atoms with Gasteiger partial charge < -0.3 is 0 Å². The summed E-state index contributed by atoms with van der Waals surface area (Å²) >= 11 is 0. The first-order valence-corrected chi connectivity index (χ1v) is 10.1. The lowest BCUT2D eigenvalue weighted by Crippen LogP contribution is -2.49. The van der Waals surface area contributed by atoms with Crippen LogP contribution in [0.15, 0.2) is 84.6 Å². The number of rotatable bonds is 4. The van der Waals surface area contributed by atoms with Crippen LogP contribution in [0, 0.1) is 11.2 Å². The van der Waals surface area contributed by atoms with Crippen molar-refractivity contribution in [2.75, 3.05) is 6.54 Å². The summed E-state index contributed by atoms with van der Waals surface area (Å²) in [6, 6.07) is 22.2. The number of hydrogen-bond donors (Lipinski definition) is 0. The van der Waals surface area contributed by atoms with Crippen molar-refractivity contribution in [1.29, 1.82) is 0 Å². The quantitative estimate of drug-likeness (QED) is 0.546. The van der Waals surface area contributed by atoms with E-state index in [0.29, 0.717) is 13.1 Å². The topological polar surface area (TPSA) is 33.2 Å². The minimum absolute atomic E-state index is 0.136. The first-order chi connectivity index (χ1) is 14.4. The number of benzene rings is 2. The average Bonchev–Trinajstić information content (AvgIpc) is 2.75. The van der Waals surface area contributed by atoms with Gasteiger partial charge in [-0.25, -0.2) is 4.39 Å². The number of hydrogen-bond acceptors (Lipinski definition) is 3. The third-order valence-electron chi connectivity index (χ3n) is 5.54. The van der Waals surface area contributed by atoms with Crippen molar-refractivity contribution in [3.05, 3.63) is 107 Å². The summed E-state index contributed by atoms with van der Waals surface area (Å²) in [6.07, 6.45) is 3.65. The molecule has 2 heterocycles. The van der Waals surface area contributed by atoms with Gasteiger partial charge in [-0.2, -0.15) is 0 Å². The number of pyridine rings is 1. The summed E-state index contributed by atoms with van der Waals surface area (Å²) in [5.41, 5.74) is 3.04. The smallest absolute Gasteiger partial charge is 0.167 e. The Kier molecular flexibility index (Phi) is 5.60. The molecule has 2 aromatic carbocycles. The first kappa shape index (κ1) is 20.2. The van der Waals surface area contributed by atoms with Crippen LogP contribution in [-0.4, -0.2) is 22.2 Å². The van der Waals surface area contributed by atoms with E-state index in [1.165, 1.54) is 12.1 Å². The van der Waals surface area contributed by atoms with Crippen LogP contribution in [-0.2, 0) is 11.3 Å². The fraction of sp³-hybridized carbons (Fsp3) is 0.231. The Hall–Kier alpha value is -3.11. The number of carbonyl (C=O) groups excluding carboxylic acids is 1. The van der Waals surface area contributed by atoms with Gasteiger partial charge in [0.25, 0.3) is 0 Å². The minimum Gasteiger partial charge on any atom is -0.294 e. The highest BCUT2D eigenvalue weighted by atomic mass is 19.1. The van der Waals surface area contributed by atoms with Crippen molar-refractivity contribution in [3.63, 3.8) is 0 Å². The lowest BCUT2D eigenvalue weighted by atomic mass is 9.74. The van der Waals surface area contributed by atoms with Gasteiger partial charge in [0.05, 0.1) is 11.7 Å². The molecule has 0 aliphatic carbocycles. The fourth-order valence-corrected chi connectivity index (χ4v) is 4.14. The molecule has 1 fully saturated rings. The molecular weight excluding hydrogens is 375 g/mol. The van der Waals surface area contributed by atoms with Crippen molar-refractivity contribution < 1.29 is 9.18 Å². The number of aromatic nitrogens is 1. The van der Waals surface area contributed by atoms with E-state index in [-0.39, 0.29) is 17.6 Å². The number of ketones is 1. The number of likely N-dealkylation sites (tertiary alicyclic amines) is 1. The molecule has 0 saturated carbocycles. The Labute approximate surface area is 176 Å². The highest BCUT2D eigenvalue weighted by molar-refractivity contribution is 6.05. The maximum Gasteiger partial charge on any atom is 0.167 e. The molecule has 1 aliphatic rings. The zero-order valence-corrected chi connectivity index (χ0v) is 17.3. The minimum atomic E-state index is -0.536. The van der Waals surface area contributed by atoms with Crippen molar-refractivity contribution >= 4 is 11.9 Å². The summed E-state index contributed by atoms with van der Waals surface area (Å²) in [6.45, 7) is 5.21. The largest absolute Gasteiger partial charge is 0.294 e. The molecule has 1 atom stereocenters. The molecule has 0 N–H and O–H groups in total. The number of Topliss-reactive ketones (excluding diaryl/α,β-unsaturated/α-hetero) is 1. The standard InChI is InChI=1S/C26H25FN2O/c1-26(2)18-29(17-19-11-13-21(27)14-12-19)24(20-8-4-3-5-9-20)23(25(26)30)16-22-10-6-7-15-28-22/h3-16,24H,17-18H2,1-2H3. The van der Waals surface area contributed by atoms with Crippen molar-refractivity contribution in [3.8, 4) is 0 Å². The zero-order chi connectivity index (χ0) is 21.1. The van der Waals surface area contributed by atoms with Gasteiger partial charge in [0.2, 0.25) is 0 Å². The number of piperidine rings is 1. The Morgan fingerprint density at radius 2 is 1.73 bits per heavy atom. The number of nitrogens with zero attached hydrogens (tertiary/aromatic N) is 2. The van der Waals surface area contributed by atoms with Gasteiger partial charge >= 0.3 is 0 Å². The van der Waals surface area contributed by atoms with Crippen LogP contribution < -0.4 is 0 Å². The van der Waals surface area contributed by atoms with Crippen molar-refractivity contribution in [2.45, 2.75) is 26.4 Å². The maximum atomic E-state index is 13.5. The van der Waals surface area contributed by atoms with E-state index in [1.807, 2.05) is 68.5 Å². The summed E-state index contributed by atoms with van der Waals surface area (Å²) < 4.78 is 13.4. The zero-order valence-electron chi connectivity index (χ0n) is 17.3. The SMILES string of the molecule is CC1(C)CN(Cc2ccc(F)cc2)C(c2ccccc2)C(=Cc2ccccn2)C1=O. The van der Waals surface area contributed by atoms with Gasteiger partial charge in [0.1, 0.15) is 5.82 Å². The van der Waals surface area contributed by atoms with Crippen LogP contribution >= 0.6 is 0 Å². The molecule has 3 nitrogen and oxygen atoms in total. The molecule has 1 aliphatic heterocycles. The molecule has 30 heavy (non-hydrogen) atoms. The summed E-state index contributed by atoms with van der Waals surface area (Å²) in [7, 11) is 0. The second-order valence-corrected chi connectivity index (χ2v) is 8.41. The van der Waals surface area contributed by atoms with Gasteiger partial charge in [0.15, 0.2) is 5.78 Å². The van der Waals surface area contributed by atoms with E-state index < -0.39 is 5.41 Å². The van der Waals surface area contributed by atoms with Crippen LogP contribution in [0.5, 0.6) is 0 Å². The Balaban J connectivity index is 1.81. The van der Waals surface area contributed by atoms with Crippen LogP contribution in [0.25, 0.3) is 6.08 Å². The molecule has 0 amide bonds. The van der Waals surface area contributed by atoms with E-state index in [2.05, 4.69) is 22.0 Å². The molecule has 0 radical (unpaired) electrons. The van der Waals surface area contributed by atoms with Crippen molar-refractivity contribution in [2.24, 2.45) is 5.41 Å². The second kappa shape index (κ2) is 8.33. The van der Waals surface area contributed by atoms with E-state index in [4.69, 9.17) is 0 Å². The van der Waals surface area contributed by atoms with Gasteiger partial charge in [0, 0.05) is 30.3 Å². The molecule has 1 aromatic heterocycles.